The third-order valence-corrected chi connectivity index (χ3v) is 2.99. The predicted molar refractivity (Wildman–Crippen MR) is 72.0 cm³/mol. The molecule has 0 bridgehead atoms. The smallest absolute Gasteiger partial charge is 0.122 e. The standard InChI is InChI=1S/C14H23NO2/c1-4-12-11-13(7-8-14(12)17-3)15(2)9-5-6-10-16/h7-8,11,16H,4-6,9-10H2,1-3H3. The second-order valence-electron chi connectivity index (χ2n) is 4.20. The van der Waals surface area contributed by atoms with Crippen LogP contribution in [-0.2, 0) is 6.42 Å². The number of ether oxygens (including phenoxy) is 1. The first-order chi connectivity index (χ1) is 8.22. The lowest BCUT2D eigenvalue weighted by Crippen LogP contribution is -2.18. The zero-order valence-corrected chi connectivity index (χ0v) is 11.1. The monoisotopic (exact) mass is 237 g/mol. The van der Waals surface area contributed by atoms with Gasteiger partial charge in [0.15, 0.2) is 0 Å². The quantitative estimate of drug-likeness (QED) is 0.739. The molecule has 1 aromatic rings. The van der Waals surface area contributed by atoms with E-state index in [9.17, 15) is 0 Å². The van der Waals surface area contributed by atoms with Gasteiger partial charge in [0.05, 0.1) is 7.11 Å². The van der Waals surface area contributed by atoms with Crippen molar-refractivity contribution in [3.05, 3.63) is 23.8 Å². The molecule has 0 aliphatic heterocycles. The minimum Gasteiger partial charge on any atom is -0.496 e. The van der Waals surface area contributed by atoms with Gasteiger partial charge < -0.3 is 14.7 Å². The summed E-state index contributed by atoms with van der Waals surface area (Å²) in [5.41, 5.74) is 2.44. The van der Waals surface area contributed by atoms with Gasteiger partial charge in [-0.3, -0.25) is 0 Å². The van der Waals surface area contributed by atoms with Crippen LogP contribution in [0.25, 0.3) is 0 Å². The molecule has 0 aromatic heterocycles. The van der Waals surface area contributed by atoms with Gasteiger partial charge in [-0.15, -0.1) is 0 Å². The zero-order chi connectivity index (χ0) is 12.7. The van der Waals surface area contributed by atoms with Gasteiger partial charge in [0.2, 0.25) is 0 Å². The Morgan fingerprint density at radius 3 is 2.65 bits per heavy atom. The van der Waals surface area contributed by atoms with Crippen molar-refractivity contribution in [2.24, 2.45) is 0 Å². The molecule has 0 fully saturated rings. The first-order valence-corrected chi connectivity index (χ1v) is 6.21. The number of unbranched alkanes of at least 4 members (excludes halogenated alkanes) is 1. The summed E-state index contributed by atoms with van der Waals surface area (Å²) in [7, 11) is 3.79. The molecule has 0 aliphatic rings. The van der Waals surface area contributed by atoms with Crippen LogP contribution in [-0.4, -0.2) is 32.4 Å². The number of methoxy groups -OCH3 is 1. The lowest BCUT2D eigenvalue weighted by atomic mass is 10.1. The summed E-state index contributed by atoms with van der Waals surface area (Å²) in [6.45, 7) is 3.38. The van der Waals surface area contributed by atoms with Crippen molar-refractivity contribution in [2.75, 3.05) is 32.2 Å². The molecule has 3 nitrogen and oxygen atoms in total. The molecule has 0 aliphatic carbocycles. The minimum atomic E-state index is 0.274. The summed E-state index contributed by atoms with van der Waals surface area (Å²) in [4.78, 5) is 2.22. The Hall–Kier alpha value is -1.22. The molecule has 0 saturated carbocycles. The Bertz CT molecular complexity index is 339. The average Bonchev–Trinajstić information content (AvgIpc) is 2.38. The van der Waals surface area contributed by atoms with Crippen LogP contribution >= 0.6 is 0 Å². The van der Waals surface area contributed by atoms with Crippen LogP contribution in [0.5, 0.6) is 5.75 Å². The second kappa shape index (κ2) is 7.17. The maximum atomic E-state index is 8.77. The second-order valence-corrected chi connectivity index (χ2v) is 4.20. The highest BCUT2D eigenvalue weighted by Crippen LogP contribution is 2.24. The van der Waals surface area contributed by atoms with Crippen LogP contribution in [0.3, 0.4) is 0 Å². The Morgan fingerprint density at radius 2 is 2.06 bits per heavy atom. The van der Waals surface area contributed by atoms with Gasteiger partial charge in [-0.25, -0.2) is 0 Å². The number of benzene rings is 1. The summed E-state index contributed by atoms with van der Waals surface area (Å²) < 4.78 is 5.32. The normalized spacial score (nSPS) is 10.4. The molecule has 0 saturated heterocycles. The molecule has 3 heteroatoms. The van der Waals surface area contributed by atoms with E-state index >= 15 is 0 Å². The molecular weight excluding hydrogens is 214 g/mol. The highest BCUT2D eigenvalue weighted by molar-refractivity contribution is 5.52. The van der Waals surface area contributed by atoms with E-state index in [-0.39, 0.29) is 6.61 Å². The van der Waals surface area contributed by atoms with E-state index in [0.717, 1.165) is 31.6 Å². The van der Waals surface area contributed by atoms with Crippen molar-refractivity contribution in [2.45, 2.75) is 26.2 Å². The Morgan fingerprint density at radius 1 is 1.29 bits per heavy atom. The number of aryl methyl sites for hydroxylation is 1. The van der Waals surface area contributed by atoms with E-state index in [2.05, 4.69) is 31.0 Å². The third kappa shape index (κ3) is 3.93. The number of rotatable bonds is 7. The molecule has 1 N–H and O–H groups in total. The van der Waals surface area contributed by atoms with Gasteiger partial charge >= 0.3 is 0 Å². The van der Waals surface area contributed by atoms with Crippen LogP contribution in [0.15, 0.2) is 18.2 Å². The van der Waals surface area contributed by atoms with Crippen molar-refractivity contribution in [1.82, 2.24) is 0 Å². The molecule has 0 amide bonds. The molecule has 0 unspecified atom stereocenters. The Kier molecular flexibility index (Phi) is 5.84. The number of hydrogen-bond donors (Lipinski definition) is 1. The Labute approximate surface area is 104 Å². The SMILES string of the molecule is CCc1cc(N(C)CCCCO)ccc1OC. The van der Waals surface area contributed by atoms with Crippen molar-refractivity contribution in [3.8, 4) is 5.75 Å². The number of aliphatic hydroxyl groups is 1. The van der Waals surface area contributed by atoms with E-state index in [0.29, 0.717) is 0 Å². The maximum absolute atomic E-state index is 8.77. The highest BCUT2D eigenvalue weighted by Gasteiger charge is 2.05. The fourth-order valence-electron chi connectivity index (χ4n) is 1.87. The van der Waals surface area contributed by atoms with Gasteiger partial charge in [-0.2, -0.15) is 0 Å². The van der Waals surface area contributed by atoms with E-state index in [4.69, 9.17) is 9.84 Å². The fourth-order valence-corrected chi connectivity index (χ4v) is 1.87. The minimum absolute atomic E-state index is 0.274. The van der Waals surface area contributed by atoms with Crippen molar-refractivity contribution in [1.29, 1.82) is 0 Å². The lowest BCUT2D eigenvalue weighted by molar-refractivity contribution is 0.285. The number of aliphatic hydroxyl groups excluding tert-OH is 1. The maximum Gasteiger partial charge on any atom is 0.122 e. The molecule has 0 spiro atoms. The third-order valence-electron chi connectivity index (χ3n) is 2.99. The molecule has 1 rings (SSSR count). The molecule has 1 aromatic carbocycles. The molecule has 0 heterocycles. The first kappa shape index (κ1) is 13.8. The van der Waals surface area contributed by atoms with Gasteiger partial charge in [0.1, 0.15) is 5.75 Å². The van der Waals surface area contributed by atoms with E-state index in [1.54, 1.807) is 7.11 Å². The molecule has 0 radical (unpaired) electrons. The lowest BCUT2D eigenvalue weighted by Gasteiger charge is -2.20. The van der Waals surface area contributed by atoms with Crippen LogP contribution in [0.4, 0.5) is 5.69 Å². The van der Waals surface area contributed by atoms with Crippen molar-refractivity contribution >= 4 is 5.69 Å². The zero-order valence-electron chi connectivity index (χ0n) is 11.1. The fraction of sp³-hybridized carbons (Fsp3) is 0.571. The summed E-state index contributed by atoms with van der Waals surface area (Å²) >= 11 is 0. The predicted octanol–water partition coefficient (Wildman–Crippen LogP) is 2.47. The highest BCUT2D eigenvalue weighted by atomic mass is 16.5. The van der Waals surface area contributed by atoms with E-state index < -0.39 is 0 Å². The summed E-state index contributed by atoms with van der Waals surface area (Å²) in [6.07, 6.45) is 2.85. The van der Waals surface area contributed by atoms with Crippen molar-refractivity contribution in [3.63, 3.8) is 0 Å². The van der Waals surface area contributed by atoms with Crippen LogP contribution in [0, 0.1) is 0 Å². The average molecular weight is 237 g/mol. The molecule has 17 heavy (non-hydrogen) atoms. The van der Waals surface area contributed by atoms with Gasteiger partial charge in [-0.1, -0.05) is 6.92 Å². The summed E-state index contributed by atoms with van der Waals surface area (Å²) in [5.74, 6) is 0.958. The van der Waals surface area contributed by atoms with Crippen LogP contribution in [0.2, 0.25) is 0 Å². The number of anilines is 1. The van der Waals surface area contributed by atoms with Crippen molar-refractivity contribution < 1.29 is 9.84 Å². The largest absolute Gasteiger partial charge is 0.496 e. The summed E-state index contributed by atoms with van der Waals surface area (Å²) in [6, 6.07) is 6.28. The first-order valence-electron chi connectivity index (χ1n) is 6.21. The van der Waals surface area contributed by atoms with Crippen LogP contribution < -0.4 is 9.64 Å². The molecule has 96 valence electrons. The molecular formula is C14H23NO2. The van der Waals surface area contributed by atoms with Gasteiger partial charge in [0.25, 0.3) is 0 Å². The topological polar surface area (TPSA) is 32.7 Å². The summed E-state index contributed by atoms with van der Waals surface area (Å²) in [5, 5.41) is 8.77. The van der Waals surface area contributed by atoms with Crippen LogP contribution in [0.1, 0.15) is 25.3 Å². The van der Waals surface area contributed by atoms with E-state index in [1.807, 2.05) is 6.07 Å². The number of hydrogen-bond acceptors (Lipinski definition) is 3. The van der Waals surface area contributed by atoms with Gasteiger partial charge in [-0.05, 0) is 43.0 Å². The Balaban J connectivity index is 2.70. The number of nitrogens with zero attached hydrogens (tertiary/aromatic N) is 1. The van der Waals surface area contributed by atoms with Gasteiger partial charge in [0, 0.05) is 25.9 Å². The van der Waals surface area contributed by atoms with E-state index in [1.165, 1.54) is 11.3 Å². The molecule has 0 atom stereocenters.